The second-order valence-corrected chi connectivity index (χ2v) is 2.86. The van der Waals surface area contributed by atoms with E-state index in [4.69, 9.17) is 21.6 Å². The van der Waals surface area contributed by atoms with E-state index in [1.54, 1.807) is 0 Å². The molecule has 0 heterocycles. The third-order valence-electron chi connectivity index (χ3n) is 2.00. The SMILES string of the molecule is Cl.Cl.Nc1ccc2ccccc2c1N.O=N[O-].[Na+]. The first-order valence-electron chi connectivity index (χ1n) is 4.18. The van der Waals surface area contributed by atoms with Crippen LogP contribution < -0.4 is 41.0 Å². The van der Waals surface area contributed by atoms with Crippen molar-refractivity contribution in [3.63, 3.8) is 0 Å². The molecule has 18 heavy (non-hydrogen) atoms. The van der Waals surface area contributed by atoms with Gasteiger partial charge in [-0.15, -0.1) is 30.2 Å². The van der Waals surface area contributed by atoms with Crippen LogP contribution in [0.1, 0.15) is 0 Å². The molecule has 5 nitrogen and oxygen atoms in total. The molecular weight excluding hydrogens is 288 g/mol. The van der Waals surface area contributed by atoms with E-state index >= 15 is 0 Å². The Kier molecular flexibility index (Phi) is 14.2. The van der Waals surface area contributed by atoms with E-state index in [1.165, 1.54) is 0 Å². The van der Waals surface area contributed by atoms with E-state index in [0.29, 0.717) is 11.4 Å². The van der Waals surface area contributed by atoms with Crippen LogP contribution in [0.4, 0.5) is 11.4 Å². The van der Waals surface area contributed by atoms with Crippen LogP contribution in [0.5, 0.6) is 0 Å². The summed E-state index contributed by atoms with van der Waals surface area (Å²) in [7, 11) is 0. The van der Waals surface area contributed by atoms with Gasteiger partial charge in [0, 0.05) is 5.39 Å². The molecule has 0 atom stereocenters. The average molecular weight is 300 g/mol. The van der Waals surface area contributed by atoms with E-state index in [9.17, 15) is 0 Å². The van der Waals surface area contributed by atoms with E-state index in [2.05, 4.69) is 0 Å². The molecule has 0 aromatic heterocycles. The Morgan fingerprint density at radius 1 is 1.00 bits per heavy atom. The number of halogens is 2. The van der Waals surface area contributed by atoms with Crippen LogP contribution in [-0.4, -0.2) is 0 Å². The number of hydrogen-bond donors (Lipinski definition) is 2. The summed E-state index contributed by atoms with van der Waals surface area (Å²) in [5.74, 6) is 0. The number of rotatable bonds is 0. The average Bonchev–Trinajstić information content (AvgIpc) is 2.25. The van der Waals surface area contributed by atoms with Crippen LogP contribution in [0.2, 0.25) is 0 Å². The maximum atomic E-state index is 8.00. The van der Waals surface area contributed by atoms with Gasteiger partial charge >= 0.3 is 29.6 Å². The summed E-state index contributed by atoms with van der Waals surface area (Å²) >= 11 is 0. The summed E-state index contributed by atoms with van der Waals surface area (Å²) in [6.07, 6.45) is 0. The summed E-state index contributed by atoms with van der Waals surface area (Å²) in [5.41, 5.74) is 12.8. The van der Waals surface area contributed by atoms with E-state index in [-0.39, 0.29) is 54.4 Å². The van der Waals surface area contributed by atoms with Crippen molar-refractivity contribution < 1.29 is 29.6 Å². The molecule has 0 aliphatic carbocycles. The van der Waals surface area contributed by atoms with E-state index < -0.39 is 0 Å². The van der Waals surface area contributed by atoms with Crippen molar-refractivity contribution in [3.05, 3.63) is 46.5 Å². The smallest absolute Gasteiger partial charge is 0.444 e. The van der Waals surface area contributed by atoms with Crippen LogP contribution in [-0.2, 0) is 0 Å². The van der Waals surface area contributed by atoms with Crippen LogP contribution in [0.25, 0.3) is 10.8 Å². The van der Waals surface area contributed by atoms with Gasteiger partial charge in [0.2, 0.25) is 0 Å². The Morgan fingerprint density at radius 2 is 1.50 bits per heavy atom. The second-order valence-electron chi connectivity index (χ2n) is 2.86. The van der Waals surface area contributed by atoms with Gasteiger partial charge in [0.1, 0.15) is 0 Å². The Bertz CT molecular complexity index is 486. The normalized spacial score (nSPS) is 7.56. The predicted octanol–water partition coefficient (Wildman–Crippen LogP) is 0.102. The maximum Gasteiger partial charge on any atom is 1.00 e. The van der Waals surface area contributed by atoms with Gasteiger partial charge in [-0.05, 0) is 11.5 Å². The van der Waals surface area contributed by atoms with Gasteiger partial charge in [0.25, 0.3) is 0 Å². The van der Waals surface area contributed by atoms with Crippen LogP contribution in [0, 0.1) is 10.1 Å². The molecule has 4 N–H and O–H groups in total. The number of nitrogens with zero attached hydrogens (tertiary/aromatic N) is 1. The molecule has 94 valence electrons. The summed E-state index contributed by atoms with van der Waals surface area (Å²) in [4.78, 5) is 8.00. The molecular formula is C10H12Cl2N3NaO2. The van der Waals surface area contributed by atoms with Gasteiger partial charge in [-0.1, -0.05) is 30.3 Å². The summed E-state index contributed by atoms with van der Waals surface area (Å²) in [6.45, 7) is 0. The zero-order valence-electron chi connectivity index (χ0n) is 9.70. The third-order valence-corrected chi connectivity index (χ3v) is 2.00. The Balaban J connectivity index is -0.000000345. The molecule has 2 rings (SSSR count). The zero-order valence-corrected chi connectivity index (χ0v) is 13.3. The number of nitrogens with two attached hydrogens (primary N) is 2. The number of fused-ring (bicyclic) bond motifs is 1. The molecule has 0 radical (unpaired) electrons. The number of nitrogen functional groups attached to an aromatic ring is 2. The van der Waals surface area contributed by atoms with Gasteiger partial charge < -0.3 is 21.6 Å². The Labute approximate surface area is 139 Å². The van der Waals surface area contributed by atoms with Gasteiger partial charge in [-0.25, -0.2) is 0 Å². The molecule has 0 aliphatic rings. The number of hydrogen-bond acceptors (Lipinski definition) is 5. The molecule has 0 saturated heterocycles. The zero-order chi connectivity index (χ0) is 11.3. The molecule has 8 heteroatoms. The fourth-order valence-corrected chi connectivity index (χ4v) is 1.31. The first kappa shape index (κ1) is 22.5. The molecule has 0 bridgehead atoms. The van der Waals surface area contributed by atoms with Crippen molar-refractivity contribution in [2.45, 2.75) is 0 Å². The van der Waals surface area contributed by atoms with Crippen LogP contribution >= 0.6 is 24.8 Å². The van der Waals surface area contributed by atoms with Gasteiger partial charge in [-0.3, -0.25) is 0 Å². The van der Waals surface area contributed by atoms with Crippen molar-refractivity contribution in [1.82, 2.24) is 0 Å². The van der Waals surface area contributed by atoms with Gasteiger partial charge in [-0.2, -0.15) is 0 Å². The quantitative estimate of drug-likeness (QED) is 0.311. The van der Waals surface area contributed by atoms with Crippen molar-refractivity contribution in [2.75, 3.05) is 11.5 Å². The fourth-order valence-electron chi connectivity index (χ4n) is 1.31. The van der Waals surface area contributed by atoms with Crippen molar-refractivity contribution >= 4 is 47.0 Å². The largest absolute Gasteiger partial charge is 1.00 e. The van der Waals surface area contributed by atoms with Gasteiger partial charge in [0.15, 0.2) is 0 Å². The molecule has 0 spiro atoms. The van der Waals surface area contributed by atoms with Gasteiger partial charge in [0.05, 0.1) is 11.4 Å². The van der Waals surface area contributed by atoms with E-state index in [0.717, 1.165) is 16.1 Å². The number of anilines is 2. The molecule has 0 saturated carbocycles. The molecule has 0 aliphatic heterocycles. The first-order valence-corrected chi connectivity index (χ1v) is 4.18. The molecule has 2 aromatic carbocycles. The van der Waals surface area contributed by atoms with E-state index in [1.807, 2.05) is 36.4 Å². The Hall–Kier alpha value is -0.720. The van der Waals surface area contributed by atoms with Crippen molar-refractivity contribution in [2.24, 2.45) is 5.34 Å². The van der Waals surface area contributed by atoms with Crippen molar-refractivity contribution in [3.8, 4) is 0 Å². The third kappa shape index (κ3) is 5.75. The first-order chi connectivity index (χ1) is 7.20. The fraction of sp³-hybridized carbons (Fsp3) is 0. The molecule has 0 amide bonds. The minimum Gasteiger partial charge on any atom is -0.444 e. The molecule has 0 fully saturated rings. The second kappa shape index (κ2) is 11.4. The molecule has 0 unspecified atom stereocenters. The van der Waals surface area contributed by atoms with Crippen LogP contribution in [0.3, 0.4) is 0 Å². The minimum absolute atomic E-state index is 0. The topological polar surface area (TPSA) is 105 Å². The maximum absolute atomic E-state index is 8.00. The monoisotopic (exact) mass is 299 g/mol. The summed E-state index contributed by atoms with van der Waals surface area (Å²) < 4.78 is 0. The predicted molar refractivity (Wildman–Crippen MR) is 76.4 cm³/mol. The molecule has 2 aromatic rings. The summed E-state index contributed by atoms with van der Waals surface area (Å²) in [5, 5.41) is 11.2. The van der Waals surface area contributed by atoms with Crippen LogP contribution in [0.15, 0.2) is 41.7 Å². The summed E-state index contributed by atoms with van der Waals surface area (Å²) in [6, 6.07) is 11.7. The number of benzene rings is 2. The standard InChI is InChI=1S/C10H10N2.2ClH.HNO2.Na/c11-9-6-5-7-3-1-2-4-8(7)10(9)12;;;2-1-3;/h1-6H,11-12H2;2*1H;(H,2,3);/q;;;;+1/p-1. The van der Waals surface area contributed by atoms with Crippen molar-refractivity contribution in [1.29, 1.82) is 0 Å². The minimum atomic E-state index is 0. The Morgan fingerprint density at radius 3 is 2.06 bits per heavy atom.